The van der Waals surface area contributed by atoms with E-state index in [2.05, 4.69) is 5.32 Å². The minimum Gasteiger partial charge on any atom is -0.352 e. The maximum Gasteiger partial charge on any atom is 0.264 e. The van der Waals surface area contributed by atoms with Crippen LogP contribution in [-0.4, -0.2) is 43.8 Å². The van der Waals surface area contributed by atoms with Crippen LogP contribution in [0.1, 0.15) is 48.8 Å². The molecule has 0 radical (unpaired) electrons. The third kappa shape index (κ3) is 9.11. The van der Waals surface area contributed by atoms with E-state index in [0.717, 1.165) is 47.5 Å². The molecule has 1 N–H and O–H groups in total. The minimum absolute atomic E-state index is 0.000732. The topological polar surface area (TPSA) is 86.8 Å². The van der Waals surface area contributed by atoms with Gasteiger partial charge in [0.05, 0.1) is 20.6 Å². The first-order chi connectivity index (χ1) is 23.0. The second-order valence-electron chi connectivity index (χ2n) is 12.1. The zero-order valence-electron chi connectivity index (χ0n) is 26.6. The molecule has 0 saturated heterocycles. The van der Waals surface area contributed by atoms with E-state index in [1.165, 1.54) is 29.2 Å². The van der Waals surface area contributed by atoms with E-state index in [9.17, 15) is 18.0 Å². The molecule has 4 aromatic rings. The van der Waals surface area contributed by atoms with Gasteiger partial charge in [0.1, 0.15) is 12.6 Å². The summed E-state index contributed by atoms with van der Waals surface area (Å²) in [4.78, 5) is 30.3. The predicted molar refractivity (Wildman–Crippen MR) is 193 cm³/mol. The molecule has 1 fully saturated rings. The lowest BCUT2D eigenvalue weighted by molar-refractivity contribution is -0.140. The largest absolute Gasteiger partial charge is 0.352 e. The Bertz CT molecular complexity index is 1820. The number of amides is 2. The summed E-state index contributed by atoms with van der Waals surface area (Å²) in [7, 11) is -4.24. The molecule has 1 unspecified atom stereocenters. The van der Waals surface area contributed by atoms with Crippen LogP contribution in [0.5, 0.6) is 0 Å². The number of nitrogens with one attached hydrogen (secondary N) is 1. The summed E-state index contributed by atoms with van der Waals surface area (Å²) in [5, 5.41) is 4.25. The second-order valence-corrected chi connectivity index (χ2v) is 15.2. The van der Waals surface area contributed by atoms with E-state index >= 15 is 0 Å². The van der Waals surface area contributed by atoms with Crippen molar-refractivity contribution in [1.82, 2.24) is 10.2 Å². The van der Waals surface area contributed by atoms with Gasteiger partial charge in [0, 0.05) is 24.0 Å². The van der Waals surface area contributed by atoms with Crippen LogP contribution in [0.25, 0.3) is 0 Å². The van der Waals surface area contributed by atoms with Crippen LogP contribution in [0.3, 0.4) is 0 Å². The van der Waals surface area contributed by atoms with Crippen molar-refractivity contribution in [3.63, 3.8) is 0 Å². The van der Waals surface area contributed by atoms with E-state index in [4.69, 9.17) is 34.8 Å². The third-order valence-corrected chi connectivity index (χ3v) is 11.3. The highest BCUT2D eigenvalue weighted by Crippen LogP contribution is 2.28. The summed E-state index contributed by atoms with van der Waals surface area (Å²) in [5.41, 5.74) is 2.74. The molecule has 1 atom stereocenters. The van der Waals surface area contributed by atoms with Crippen LogP contribution in [0, 0.1) is 6.92 Å². The lowest BCUT2D eigenvalue weighted by atomic mass is 9.94. The first-order valence-electron chi connectivity index (χ1n) is 15.9. The Kier molecular flexibility index (Phi) is 12.1. The molecule has 48 heavy (non-hydrogen) atoms. The van der Waals surface area contributed by atoms with Crippen molar-refractivity contribution < 1.29 is 18.0 Å². The van der Waals surface area contributed by atoms with E-state index in [0.29, 0.717) is 26.3 Å². The van der Waals surface area contributed by atoms with Crippen LogP contribution in [-0.2, 0) is 32.6 Å². The van der Waals surface area contributed by atoms with Gasteiger partial charge in [-0.1, -0.05) is 108 Å². The summed E-state index contributed by atoms with van der Waals surface area (Å²) in [5.74, 6) is -0.847. The van der Waals surface area contributed by atoms with Gasteiger partial charge in [0.15, 0.2) is 0 Å². The van der Waals surface area contributed by atoms with Gasteiger partial charge in [-0.25, -0.2) is 8.42 Å². The predicted octanol–water partition coefficient (Wildman–Crippen LogP) is 8.24. The molecule has 0 aliphatic heterocycles. The number of hydrogen-bond acceptors (Lipinski definition) is 4. The van der Waals surface area contributed by atoms with Crippen LogP contribution in [0.2, 0.25) is 15.1 Å². The molecule has 1 aliphatic carbocycles. The Morgan fingerprint density at radius 2 is 1.48 bits per heavy atom. The van der Waals surface area contributed by atoms with E-state index < -0.39 is 28.5 Å². The molecule has 11 heteroatoms. The van der Waals surface area contributed by atoms with Crippen molar-refractivity contribution >= 4 is 62.3 Å². The number of carbonyl (C=O) groups is 2. The molecule has 0 heterocycles. The minimum atomic E-state index is -4.24. The van der Waals surface area contributed by atoms with Crippen LogP contribution >= 0.6 is 34.8 Å². The zero-order valence-corrected chi connectivity index (χ0v) is 29.7. The molecule has 0 bridgehead atoms. The van der Waals surface area contributed by atoms with Gasteiger partial charge in [-0.15, -0.1) is 0 Å². The van der Waals surface area contributed by atoms with Crippen LogP contribution in [0.15, 0.2) is 102 Å². The van der Waals surface area contributed by atoms with Crippen LogP contribution < -0.4 is 9.62 Å². The number of carbonyl (C=O) groups excluding carboxylic acids is 2. The maximum atomic E-state index is 14.7. The number of nitrogens with zero attached hydrogens (tertiary/aromatic N) is 2. The summed E-state index contributed by atoms with van der Waals surface area (Å²) >= 11 is 18.7. The van der Waals surface area contributed by atoms with Crippen molar-refractivity contribution in [1.29, 1.82) is 0 Å². The molecule has 1 saturated carbocycles. The van der Waals surface area contributed by atoms with E-state index in [-0.39, 0.29) is 29.8 Å². The highest BCUT2D eigenvalue weighted by Gasteiger charge is 2.35. The van der Waals surface area contributed by atoms with Gasteiger partial charge in [0.2, 0.25) is 11.8 Å². The number of rotatable bonds is 12. The van der Waals surface area contributed by atoms with Gasteiger partial charge in [-0.3, -0.25) is 13.9 Å². The Hall–Kier alpha value is -3.56. The van der Waals surface area contributed by atoms with Crippen molar-refractivity contribution in [3.05, 3.63) is 129 Å². The number of hydrogen-bond donors (Lipinski definition) is 1. The van der Waals surface area contributed by atoms with Crippen molar-refractivity contribution in [2.45, 2.75) is 69.0 Å². The molecule has 0 spiro atoms. The molecular weight excluding hydrogens is 689 g/mol. The first-order valence-corrected chi connectivity index (χ1v) is 18.5. The molecule has 252 valence electrons. The lowest BCUT2D eigenvalue weighted by Crippen LogP contribution is -2.55. The molecular formula is C37H38Cl3N3O4S. The Labute approximate surface area is 297 Å². The summed E-state index contributed by atoms with van der Waals surface area (Å²) in [6.45, 7) is 1.33. The maximum absolute atomic E-state index is 14.7. The Morgan fingerprint density at radius 3 is 2.12 bits per heavy atom. The van der Waals surface area contributed by atoms with Gasteiger partial charge in [0.25, 0.3) is 10.0 Å². The van der Waals surface area contributed by atoms with Gasteiger partial charge in [-0.2, -0.15) is 0 Å². The highest BCUT2D eigenvalue weighted by molar-refractivity contribution is 7.92. The van der Waals surface area contributed by atoms with Crippen molar-refractivity contribution in [3.8, 4) is 0 Å². The number of anilines is 1. The van der Waals surface area contributed by atoms with Gasteiger partial charge >= 0.3 is 0 Å². The average molecular weight is 727 g/mol. The SMILES string of the molecule is Cc1ccc(N(CC(=O)N(Cc2ccc(Cl)c(Cl)c2)C(Cc2ccccc2)C(=O)NC2CCCCC2)S(=O)(=O)c2ccc(Cl)cc2)cc1. The fourth-order valence-electron chi connectivity index (χ4n) is 5.91. The second kappa shape index (κ2) is 16.2. The highest BCUT2D eigenvalue weighted by atomic mass is 35.5. The van der Waals surface area contributed by atoms with Gasteiger partial charge < -0.3 is 10.2 Å². The molecule has 1 aliphatic rings. The first kappa shape index (κ1) is 35.7. The molecule has 5 rings (SSSR count). The number of sulfonamides is 1. The monoisotopic (exact) mass is 725 g/mol. The quantitative estimate of drug-likeness (QED) is 0.159. The Balaban J connectivity index is 1.57. The molecule has 7 nitrogen and oxygen atoms in total. The van der Waals surface area contributed by atoms with Gasteiger partial charge in [-0.05, 0) is 79.4 Å². The lowest BCUT2D eigenvalue weighted by Gasteiger charge is -2.35. The molecule has 0 aromatic heterocycles. The Morgan fingerprint density at radius 1 is 0.812 bits per heavy atom. The van der Waals surface area contributed by atoms with Crippen molar-refractivity contribution in [2.24, 2.45) is 0 Å². The zero-order chi connectivity index (χ0) is 34.3. The summed E-state index contributed by atoms with van der Waals surface area (Å²) in [6, 6.07) is 26.3. The number of aryl methyl sites for hydroxylation is 1. The normalized spacial score (nSPS) is 14.2. The van der Waals surface area contributed by atoms with E-state index in [1.807, 2.05) is 37.3 Å². The summed E-state index contributed by atoms with van der Waals surface area (Å²) in [6.07, 6.45) is 5.12. The van der Waals surface area contributed by atoms with Crippen LogP contribution in [0.4, 0.5) is 5.69 Å². The fourth-order valence-corrected chi connectivity index (χ4v) is 7.77. The van der Waals surface area contributed by atoms with E-state index in [1.54, 1.807) is 42.5 Å². The van der Waals surface area contributed by atoms with Crippen molar-refractivity contribution in [2.75, 3.05) is 10.8 Å². The third-order valence-electron chi connectivity index (χ3n) is 8.56. The molecule has 2 amide bonds. The number of halogens is 3. The smallest absolute Gasteiger partial charge is 0.264 e. The molecule has 4 aromatic carbocycles. The number of benzene rings is 4. The fraction of sp³-hybridized carbons (Fsp3) is 0.297. The summed E-state index contributed by atoms with van der Waals surface area (Å²) < 4.78 is 29.5. The standard InChI is InChI=1S/C37H38Cl3N3O4S/c1-26-12-17-31(18-13-26)43(48(46,47)32-19-15-29(38)16-20-32)25-36(44)42(24-28-14-21-33(39)34(40)22-28)35(23-27-8-4-2-5-9-27)37(45)41-30-10-6-3-7-11-30/h2,4-5,8-9,12-22,30,35H,3,6-7,10-11,23-25H2,1H3,(H,41,45). The average Bonchev–Trinajstić information content (AvgIpc) is 3.08.